The topological polar surface area (TPSA) is 381 Å². The van der Waals surface area contributed by atoms with Crippen LogP contribution in [0, 0.1) is 34.6 Å². The lowest BCUT2D eigenvalue weighted by Gasteiger charge is -2.38. The summed E-state index contributed by atoms with van der Waals surface area (Å²) in [6.07, 6.45) is 7.71. The molecule has 0 spiro atoms. The predicted octanol–water partition coefficient (Wildman–Crippen LogP) is 11.8. The summed E-state index contributed by atoms with van der Waals surface area (Å²) in [4.78, 5) is 148. The van der Waals surface area contributed by atoms with Crippen molar-refractivity contribution in [2.45, 2.75) is 88.6 Å². The number of primary amides is 2. The van der Waals surface area contributed by atoms with Crippen molar-refractivity contribution in [3.05, 3.63) is 278 Å². The number of amidine groups is 3. The number of carbonyl (C=O) groups is 8. The van der Waals surface area contributed by atoms with E-state index in [9.17, 15) is 55.9 Å². The zero-order valence-corrected chi connectivity index (χ0v) is 78.1. The van der Waals surface area contributed by atoms with Crippen LogP contribution >= 0.6 is 57.2 Å². The maximum Gasteiger partial charge on any atom is 0.338 e. The van der Waals surface area contributed by atoms with E-state index in [4.69, 9.17) is 69.1 Å². The van der Waals surface area contributed by atoms with E-state index < -0.39 is 59.3 Å². The summed E-state index contributed by atoms with van der Waals surface area (Å²) in [7, 11) is 1.31. The van der Waals surface area contributed by atoms with Gasteiger partial charge in [-0.05, 0) is 122 Å². The molecule has 6 aromatic carbocycles. The number of halogens is 6. The number of urea groups is 3. The molecule has 0 unspecified atom stereocenters. The number of aryl methyl sites for hydroxylation is 3. The average molecular weight is 1950 g/mol. The van der Waals surface area contributed by atoms with Crippen molar-refractivity contribution in [2.24, 2.45) is 26.4 Å². The van der Waals surface area contributed by atoms with Crippen LogP contribution in [0.5, 0.6) is 0 Å². The van der Waals surface area contributed by atoms with Gasteiger partial charge in [-0.3, -0.25) is 54.0 Å². The number of methoxy groups -OCH3 is 1. The molecule has 0 saturated carbocycles. The quantitative estimate of drug-likeness (QED) is 0.0173. The summed E-state index contributed by atoms with van der Waals surface area (Å²) in [5, 5.41) is 26.1. The molecule has 32 nitrogen and oxygen atoms in total. The van der Waals surface area contributed by atoms with E-state index in [1.54, 1.807) is 58.6 Å². The molecular weight excluding hydrogens is 1850 g/mol. The molecule has 8 amide bonds. The van der Waals surface area contributed by atoms with Crippen molar-refractivity contribution in [3.8, 4) is 6.07 Å². The van der Waals surface area contributed by atoms with Gasteiger partial charge in [0.25, 0.3) is 0 Å². The number of nitrogens with one attached hydrogen (secondary N) is 3. The number of nitriles is 1. The average Bonchev–Trinajstić information content (AvgIpc) is 1.20. The van der Waals surface area contributed by atoms with Gasteiger partial charge in [0.1, 0.15) is 29.8 Å². The first-order chi connectivity index (χ1) is 65.8. The fraction of sp³-hybridized carbons (Fsp3) is 0.337. The Morgan fingerprint density at radius 1 is 0.478 bits per heavy atom. The monoisotopic (exact) mass is 1950 g/mol. The molecule has 7 N–H and O–H groups in total. The number of benzene rings is 6. The van der Waals surface area contributed by atoms with Gasteiger partial charge in [-0.15, -0.1) is 34.0 Å². The summed E-state index contributed by atoms with van der Waals surface area (Å²) >= 11 is 17.1. The summed E-state index contributed by atoms with van der Waals surface area (Å²) in [6, 6.07) is 34.0. The van der Waals surface area contributed by atoms with Crippen molar-refractivity contribution < 1.29 is 70.1 Å². The number of piperazine rings is 3. The van der Waals surface area contributed by atoms with Crippen LogP contribution in [-0.4, -0.2) is 246 Å². The van der Waals surface area contributed by atoms with E-state index in [1.807, 2.05) is 98.3 Å². The van der Waals surface area contributed by atoms with Crippen LogP contribution < -0.4 is 42.1 Å². The van der Waals surface area contributed by atoms with E-state index in [0.717, 1.165) is 45.9 Å². The number of hydrogen-bond donors (Lipinski definition) is 5. The van der Waals surface area contributed by atoms with Crippen molar-refractivity contribution in [3.63, 3.8) is 0 Å². The molecule has 9 aromatic rings. The molecule has 6 atom stereocenters. The van der Waals surface area contributed by atoms with Crippen LogP contribution in [0.2, 0.25) is 10.0 Å². The normalized spacial score (nSPS) is 20.1. The minimum atomic E-state index is -1.04. The van der Waals surface area contributed by atoms with Gasteiger partial charge in [-0.1, -0.05) is 83.9 Å². The van der Waals surface area contributed by atoms with Gasteiger partial charge < -0.3 is 56.3 Å². The summed E-state index contributed by atoms with van der Waals surface area (Å²) in [6.45, 7) is 11.1. The number of carbonyl (C=O) groups excluding carboxylic acids is 8. The third-order valence-electron chi connectivity index (χ3n) is 24.5. The number of rotatable bonds is 28. The second-order valence-corrected chi connectivity index (χ2v) is 36.6. The molecule has 0 aliphatic carbocycles. The molecule has 41 heteroatoms. The predicted molar refractivity (Wildman–Crippen MR) is 506 cm³/mol. The minimum absolute atomic E-state index is 0.0334. The lowest BCUT2D eigenvalue weighted by atomic mass is 9.95. The van der Waals surface area contributed by atoms with E-state index >= 15 is 0 Å². The Morgan fingerprint density at radius 3 is 1.26 bits per heavy atom. The standard InChI is InChI=1S/C32H33ClFN7O4S.C32H33F2N7O4S.C31H29ClFN7O3S/c1-2-45-31(43)26-24(37-29(30-36-12-15-46-30)38-28(26)22-4-3-5-23(34)27(22)33)18-39-13-14-40-21(16-39)17-41(32(40)44)20-9-6-19(7-10-20)8-11-25(35)42;1-2-45-31(43)27-25(37-29(30-36-11-14-46-30)38-28(27)20-6-9-23(33)24(34)15-20)18-39-12-13-40-22(16-39)17-41(32(40)44)21-7-3-19(4-8-21)5-10-26(35)42;1-43-30(41)26-25(36-28(29-35-11-14-44-29)37-27(26)23-9-6-20(33)15-24(23)32)18-38-12-13-39-22(16-38)17-40(31(39)42)21-7-4-19(5-8-21)3-2-10-34/h3-7,9-10,12,15,21,28H,2,8,11,13-14,16-18H2,1H3,(H2,35,42)(H,37,38);3-4,6-9,11,14-15,22,28H,2,5,10,12-13,16-18H2,1H3,(H2,35,42)(H,37,38);4-9,11,14-15,22,27H,2-3,12-13,16-18H2,1H3,(H,36,37)/t21-,28-;22-,28-;22-,27-/m000/s1. The minimum Gasteiger partial charge on any atom is -0.466 e. The lowest BCUT2D eigenvalue weighted by molar-refractivity contribution is -0.139. The molecule has 0 radical (unpaired) electrons. The van der Waals surface area contributed by atoms with Gasteiger partial charge in [0, 0.05) is 202 Å². The molecule has 0 bridgehead atoms. The number of ether oxygens (including phenoxy) is 3. The number of hydrogen-bond acceptors (Lipinski definition) is 27. The van der Waals surface area contributed by atoms with Gasteiger partial charge in [0.05, 0.1) is 66.3 Å². The van der Waals surface area contributed by atoms with Gasteiger partial charge in [0.2, 0.25) is 11.8 Å². The zero-order valence-electron chi connectivity index (χ0n) is 74.1. The largest absolute Gasteiger partial charge is 0.466 e. The molecule has 9 aliphatic heterocycles. The van der Waals surface area contributed by atoms with Crippen LogP contribution in [0.15, 0.2) is 211 Å². The molecule has 9 aliphatic rings. The Hall–Kier alpha value is -13.3. The molecule has 3 aromatic heterocycles. The first-order valence-electron chi connectivity index (χ1n) is 44.1. The summed E-state index contributed by atoms with van der Waals surface area (Å²) < 4.78 is 73.0. The van der Waals surface area contributed by atoms with Crippen LogP contribution in [0.25, 0.3) is 0 Å². The molecule has 12 heterocycles. The Labute approximate surface area is 802 Å². The first kappa shape index (κ1) is 95.8. The second kappa shape index (κ2) is 43.1. The van der Waals surface area contributed by atoms with Crippen molar-refractivity contribution in [1.29, 1.82) is 5.26 Å². The van der Waals surface area contributed by atoms with E-state index in [-0.39, 0.29) is 101 Å². The number of amides is 8. The fourth-order valence-electron chi connectivity index (χ4n) is 17.9. The Balaban J connectivity index is 0.000000148. The first-order valence-corrected chi connectivity index (χ1v) is 47.5. The highest BCUT2D eigenvalue weighted by atomic mass is 35.5. The number of thiazole rings is 3. The number of esters is 3. The third kappa shape index (κ3) is 21.6. The maximum absolute atomic E-state index is 14.6. The third-order valence-corrected chi connectivity index (χ3v) is 27.6. The summed E-state index contributed by atoms with van der Waals surface area (Å²) in [5.41, 5.74) is 19.5. The van der Waals surface area contributed by atoms with Crippen molar-refractivity contribution >= 4 is 140 Å². The van der Waals surface area contributed by atoms with Crippen LogP contribution in [0.4, 0.5) is 49.0 Å². The number of aromatic nitrogens is 3. The second-order valence-electron chi connectivity index (χ2n) is 33.1. The van der Waals surface area contributed by atoms with Crippen LogP contribution in [0.3, 0.4) is 0 Å². The highest BCUT2D eigenvalue weighted by Gasteiger charge is 2.47. The Bertz CT molecular complexity index is 6250. The number of anilines is 3. The smallest absolute Gasteiger partial charge is 0.338 e. The maximum atomic E-state index is 14.6. The van der Waals surface area contributed by atoms with Gasteiger partial charge in [0.15, 0.2) is 44.2 Å². The van der Waals surface area contributed by atoms with E-state index in [2.05, 4.69) is 51.7 Å². The number of nitrogens with two attached hydrogens (primary N) is 2. The van der Waals surface area contributed by atoms with Crippen molar-refractivity contribution in [2.75, 3.05) is 133 Å². The van der Waals surface area contributed by atoms with E-state index in [0.29, 0.717) is 190 Å². The SMILES string of the molecule is CCOC(=O)C1=C(CN2CCN3C(=O)N(c4ccc(CCC(N)=O)cc4)C[C@@H]3C2)NC(c2nccs2)=N[C@H]1c1ccc(F)c(F)c1.CCOC(=O)C1=C(CN2CCN3C(=O)N(c4ccc(CCC(N)=O)cc4)C[C@@H]3C2)NC(c2nccs2)=N[C@H]1c1cccc(F)c1Cl.COC(=O)C1=C(CN2CCN3C(=O)N(c4ccc(CCC#N)cc4)C[C@@H]3C2)NC(c2nccs2)=N[C@H]1c1ccc(F)cc1Cl. The van der Waals surface area contributed by atoms with E-state index in [1.165, 1.54) is 77.5 Å². The van der Waals surface area contributed by atoms with Crippen LogP contribution in [0.1, 0.15) is 99.6 Å². The van der Waals surface area contributed by atoms with Crippen molar-refractivity contribution in [1.82, 2.24) is 60.3 Å². The lowest BCUT2D eigenvalue weighted by Crippen LogP contribution is -2.53. The summed E-state index contributed by atoms with van der Waals surface area (Å²) in [5.74, 6) is -4.27. The Kier molecular flexibility index (Phi) is 30.4. The van der Waals surface area contributed by atoms with Gasteiger partial charge in [-0.2, -0.15) is 5.26 Å². The molecule has 6 fully saturated rings. The number of nitrogens with zero attached hydrogens (tertiary/aromatic N) is 16. The van der Waals surface area contributed by atoms with Gasteiger partial charge in [-0.25, -0.2) is 61.3 Å². The number of fused-ring (bicyclic) bond motifs is 3. The van der Waals surface area contributed by atoms with Gasteiger partial charge >= 0.3 is 36.0 Å². The van der Waals surface area contributed by atoms with Crippen LogP contribution in [-0.2, 0) is 57.4 Å². The Morgan fingerprint density at radius 2 is 0.882 bits per heavy atom. The molecule has 706 valence electrons. The fourth-order valence-corrected chi connectivity index (χ4v) is 20.2. The zero-order chi connectivity index (χ0) is 95.5. The highest BCUT2D eigenvalue weighted by Crippen LogP contribution is 2.42. The highest BCUT2D eigenvalue weighted by molar-refractivity contribution is 7.12. The molecular formula is C95H95Cl2F4N21O11S3. The molecule has 136 heavy (non-hydrogen) atoms. The number of aliphatic imine (C=N–C) groups is 3. The molecule has 6 saturated heterocycles. The molecule has 18 rings (SSSR count).